The summed E-state index contributed by atoms with van der Waals surface area (Å²) < 4.78 is 27.2. The Morgan fingerprint density at radius 2 is 2.00 bits per heavy atom. The first kappa shape index (κ1) is 14.8. The summed E-state index contributed by atoms with van der Waals surface area (Å²) in [5, 5.41) is 0. The molecule has 1 aliphatic heterocycles. The SMILES string of the molecule is CC1CCN(S(=O)(=O)N(C)CCC(N)=S)CC1. The summed E-state index contributed by atoms with van der Waals surface area (Å²) in [6.07, 6.45) is 2.29. The highest BCUT2D eigenvalue weighted by Crippen LogP contribution is 2.20. The zero-order chi connectivity index (χ0) is 13.1. The van der Waals surface area contributed by atoms with E-state index in [9.17, 15) is 8.42 Å². The van der Waals surface area contributed by atoms with E-state index in [1.165, 1.54) is 4.31 Å². The van der Waals surface area contributed by atoms with Crippen molar-refractivity contribution in [2.45, 2.75) is 26.2 Å². The Morgan fingerprint density at radius 3 is 2.47 bits per heavy atom. The molecule has 0 bridgehead atoms. The maximum Gasteiger partial charge on any atom is 0.281 e. The maximum absolute atomic E-state index is 12.2. The fourth-order valence-electron chi connectivity index (χ4n) is 1.80. The summed E-state index contributed by atoms with van der Waals surface area (Å²) in [5.74, 6) is 0.614. The summed E-state index contributed by atoms with van der Waals surface area (Å²) in [7, 11) is -1.75. The minimum absolute atomic E-state index is 0.347. The molecule has 1 saturated heterocycles. The van der Waals surface area contributed by atoms with Gasteiger partial charge in [0.15, 0.2) is 0 Å². The fourth-order valence-corrected chi connectivity index (χ4v) is 3.28. The lowest BCUT2D eigenvalue weighted by Gasteiger charge is -2.32. The Morgan fingerprint density at radius 1 is 1.47 bits per heavy atom. The molecule has 0 amide bonds. The summed E-state index contributed by atoms with van der Waals surface area (Å²) >= 11 is 4.75. The Labute approximate surface area is 109 Å². The third-order valence-electron chi connectivity index (χ3n) is 3.14. The summed E-state index contributed by atoms with van der Waals surface area (Å²) in [4.78, 5) is 0.347. The fraction of sp³-hybridized carbons (Fsp3) is 0.900. The lowest BCUT2D eigenvalue weighted by atomic mass is 10.0. The summed E-state index contributed by atoms with van der Waals surface area (Å²) in [5.41, 5.74) is 5.38. The number of thiocarbonyl (C=S) groups is 1. The molecule has 17 heavy (non-hydrogen) atoms. The molecule has 0 atom stereocenters. The summed E-state index contributed by atoms with van der Waals surface area (Å²) in [6, 6.07) is 0. The van der Waals surface area contributed by atoms with E-state index in [4.69, 9.17) is 18.0 Å². The van der Waals surface area contributed by atoms with Gasteiger partial charge in [-0.3, -0.25) is 0 Å². The molecule has 0 aliphatic carbocycles. The molecule has 100 valence electrons. The first-order chi connectivity index (χ1) is 7.84. The molecule has 0 spiro atoms. The Bertz CT molecular complexity index is 362. The molecule has 0 saturated carbocycles. The molecule has 0 aromatic rings. The van der Waals surface area contributed by atoms with E-state index in [1.807, 2.05) is 0 Å². The van der Waals surface area contributed by atoms with Crippen LogP contribution in [0.3, 0.4) is 0 Å². The largest absolute Gasteiger partial charge is 0.393 e. The monoisotopic (exact) mass is 279 g/mol. The van der Waals surface area contributed by atoms with Gasteiger partial charge < -0.3 is 5.73 Å². The smallest absolute Gasteiger partial charge is 0.281 e. The molecular formula is C10H21N3O2S2. The number of hydrogen-bond acceptors (Lipinski definition) is 3. The highest BCUT2D eigenvalue weighted by atomic mass is 32.2. The van der Waals surface area contributed by atoms with Crippen LogP contribution in [0.5, 0.6) is 0 Å². The van der Waals surface area contributed by atoms with Gasteiger partial charge in [0.2, 0.25) is 0 Å². The molecule has 0 radical (unpaired) electrons. The third-order valence-corrected chi connectivity index (χ3v) is 5.33. The van der Waals surface area contributed by atoms with Gasteiger partial charge in [-0.05, 0) is 18.8 Å². The second kappa shape index (κ2) is 6.08. The normalized spacial score (nSPS) is 19.7. The van der Waals surface area contributed by atoms with Crippen molar-refractivity contribution in [2.75, 3.05) is 26.7 Å². The van der Waals surface area contributed by atoms with Gasteiger partial charge in [0.25, 0.3) is 10.2 Å². The lowest BCUT2D eigenvalue weighted by Crippen LogP contribution is -2.46. The second-order valence-electron chi connectivity index (χ2n) is 4.63. The molecular weight excluding hydrogens is 258 g/mol. The van der Waals surface area contributed by atoms with Crippen molar-refractivity contribution in [3.63, 3.8) is 0 Å². The van der Waals surface area contributed by atoms with Gasteiger partial charge in [-0.15, -0.1) is 0 Å². The van der Waals surface area contributed by atoms with Crippen LogP contribution in [0.4, 0.5) is 0 Å². The van der Waals surface area contributed by atoms with Gasteiger partial charge in [0.05, 0.1) is 4.99 Å². The van der Waals surface area contributed by atoms with E-state index in [2.05, 4.69) is 6.92 Å². The van der Waals surface area contributed by atoms with Crippen LogP contribution in [0.1, 0.15) is 26.2 Å². The molecule has 1 heterocycles. The van der Waals surface area contributed by atoms with E-state index >= 15 is 0 Å². The highest BCUT2D eigenvalue weighted by Gasteiger charge is 2.29. The molecule has 0 aromatic heterocycles. The molecule has 1 aliphatic rings. The first-order valence-corrected chi connectivity index (χ1v) is 7.64. The molecule has 5 nitrogen and oxygen atoms in total. The van der Waals surface area contributed by atoms with Gasteiger partial charge in [-0.2, -0.15) is 17.0 Å². The standard InChI is InChI=1S/C10H21N3O2S2/c1-9-3-7-13(8-4-9)17(14,15)12(2)6-5-10(11)16/h9H,3-8H2,1-2H3,(H2,11,16). The van der Waals surface area contributed by atoms with E-state index in [1.54, 1.807) is 11.4 Å². The van der Waals surface area contributed by atoms with Crippen molar-refractivity contribution in [2.24, 2.45) is 11.7 Å². The topological polar surface area (TPSA) is 66.6 Å². The molecule has 1 rings (SSSR count). The van der Waals surface area contributed by atoms with E-state index in [0.29, 0.717) is 37.0 Å². The van der Waals surface area contributed by atoms with Crippen molar-refractivity contribution in [1.82, 2.24) is 8.61 Å². The number of piperidine rings is 1. The van der Waals surface area contributed by atoms with Crippen LogP contribution in [0.15, 0.2) is 0 Å². The minimum Gasteiger partial charge on any atom is -0.393 e. The average Bonchev–Trinajstić information content (AvgIpc) is 2.26. The van der Waals surface area contributed by atoms with Crippen molar-refractivity contribution in [3.8, 4) is 0 Å². The van der Waals surface area contributed by atoms with Crippen LogP contribution in [-0.4, -0.2) is 48.7 Å². The van der Waals surface area contributed by atoms with Crippen LogP contribution in [0.2, 0.25) is 0 Å². The van der Waals surface area contributed by atoms with Crippen LogP contribution in [-0.2, 0) is 10.2 Å². The Kier molecular flexibility index (Phi) is 5.30. The zero-order valence-corrected chi connectivity index (χ0v) is 12.1. The van der Waals surface area contributed by atoms with Crippen LogP contribution in [0, 0.1) is 5.92 Å². The van der Waals surface area contributed by atoms with Gasteiger partial charge in [0.1, 0.15) is 0 Å². The molecule has 2 N–H and O–H groups in total. The van der Waals surface area contributed by atoms with Crippen molar-refractivity contribution in [3.05, 3.63) is 0 Å². The zero-order valence-electron chi connectivity index (χ0n) is 10.4. The van der Waals surface area contributed by atoms with Gasteiger partial charge in [-0.1, -0.05) is 19.1 Å². The van der Waals surface area contributed by atoms with Crippen molar-refractivity contribution >= 4 is 27.4 Å². The van der Waals surface area contributed by atoms with Crippen LogP contribution in [0.25, 0.3) is 0 Å². The van der Waals surface area contributed by atoms with E-state index in [-0.39, 0.29) is 0 Å². The van der Waals surface area contributed by atoms with Crippen LogP contribution < -0.4 is 5.73 Å². The number of hydrogen-bond donors (Lipinski definition) is 1. The predicted octanol–water partition coefficient (Wildman–Crippen LogP) is 0.571. The van der Waals surface area contributed by atoms with Crippen LogP contribution >= 0.6 is 12.2 Å². The highest BCUT2D eigenvalue weighted by molar-refractivity contribution is 7.86. The van der Waals surface area contributed by atoms with Crippen molar-refractivity contribution in [1.29, 1.82) is 0 Å². The second-order valence-corrected chi connectivity index (χ2v) is 7.19. The maximum atomic E-state index is 12.2. The summed E-state index contributed by atoms with van der Waals surface area (Å²) in [6.45, 7) is 3.73. The van der Waals surface area contributed by atoms with E-state index < -0.39 is 10.2 Å². The van der Waals surface area contributed by atoms with Gasteiger partial charge in [-0.25, -0.2) is 0 Å². The third kappa shape index (κ3) is 4.17. The number of nitrogens with zero attached hydrogens (tertiary/aromatic N) is 2. The first-order valence-electron chi connectivity index (χ1n) is 5.83. The molecule has 0 unspecified atom stereocenters. The average molecular weight is 279 g/mol. The minimum atomic E-state index is -3.33. The number of rotatable bonds is 5. The quantitative estimate of drug-likeness (QED) is 0.747. The molecule has 1 fully saturated rings. The van der Waals surface area contributed by atoms with Crippen molar-refractivity contribution < 1.29 is 8.42 Å². The Hall–Kier alpha value is -0.240. The number of nitrogens with two attached hydrogens (primary N) is 1. The Balaban J connectivity index is 2.57. The van der Waals surface area contributed by atoms with Gasteiger partial charge in [0, 0.05) is 33.1 Å². The van der Waals surface area contributed by atoms with Gasteiger partial charge >= 0.3 is 0 Å². The van der Waals surface area contributed by atoms with E-state index in [0.717, 1.165) is 12.8 Å². The predicted molar refractivity (Wildman–Crippen MR) is 72.9 cm³/mol. The molecule has 7 heteroatoms. The molecule has 0 aromatic carbocycles. The lowest BCUT2D eigenvalue weighted by molar-refractivity contribution is 0.271.